The van der Waals surface area contributed by atoms with E-state index in [2.05, 4.69) is 25.9 Å². The van der Waals surface area contributed by atoms with Crippen LogP contribution in [0.15, 0.2) is 47.5 Å². The van der Waals surface area contributed by atoms with Crippen molar-refractivity contribution >= 4 is 41.7 Å². The first-order valence-corrected chi connectivity index (χ1v) is 8.42. The highest BCUT2D eigenvalue weighted by Gasteiger charge is 2.06. The molecule has 0 spiro atoms. The van der Waals surface area contributed by atoms with Crippen molar-refractivity contribution in [3.63, 3.8) is 0 Å². The molecular formula is C19H26IN5O2. The molecule has 146 valence electrons. The second-order valence-corrected chi connectivity index (χ2v) is 5.63. The molecule has 0 aliphatic carbocycles. The Hall–Kier alpha value is -2.36. The number of hydrogen-bond donors (Lipinski definition) is 3. The number of ether oxygens (including phenoxy) is 1. The molecule has 0 aliphatic heterocycles. The van der Waals surface area contributed by atoms with E-state index in [0.29, 0.717) is 31.3 Å². The van der Waals surface area contributed by atoms with Crippen LogP contribution in [-0.4, -0.2) is 37.6 Å². The van der Waals surface area contributed by atoms with E-state index in [4.69, 9.17) is 4.74 Å². The molecule has 0 radical (unpaired) electrons. The van der Waals surface area contributed by atoms with Crippen molar-refractivity contribution in [3.05, 3.63) is 53.7 Å². The van der Waals surface area contributed by atoms with Crippen LogP contribution in [0, 0.1) is 6.92 Å². The van der Waals surface area contributed by atoms with E-state index in [1.54, 1.807) is 20.2 Å². The second-order valence-electron chi connectivity index (χ2n) is 5.63. The van der Waals surface area contributed by atoms with Crippen molar-refractivity contribution < 1.29 is 9.53 Å². The second kappa shape index (κ2) is 12.1. The summed E-state index contributed by atoms with van der Waals surface area (Å²) in [7, 11) is 3.34. The number of rotatable bonds is 7. The molecular weight excluding hydrogens is 457 g/mol. The zero-order valence-electron chi connectivity index (χ0n) is 15.8. The number of carbonyl (C=O) groups is 1. The number of nitrogens with zero attached hydrogens (tertiary/aromatic N) is 2. The number of nitrogens with one attached hydrogen (secondary N) is 3. The predicted octanol–water partition coefficient (Wildman–Crippen LogP) is 2.71. The number of aliphatic imine (C=N–C) groups is 1. The molecule has 0 bridgehead atoms. The zero-order valence-corrected chi connectivity index (χ0v) is 18.1. The molecule has 0 aliphatic rings. The Kier molecular flexibility index (Phi) is 10.2. The lowest BCUT2D eigenvalue weighted by Crippen LogP contribution is -2.38. The molecule has 1 amide bonds. The van der Waals surface area contributed by atoms with Gasteiger partial charge in [-0.3, -0.25) is 9.79 Å². The van der Waals surface area contributed by atoms with Gasteiger partial charge in [-0.25, -0.2) is 4.98 Å². The van der Waals surface area contributed by atoms with Crippen LogP contribution in [0.25, 0.3) is 0 Å². The number of halogens is 1. The average molecular weight is 483 g/mol. The van der Waals surface area contributed by atoms with Crippen molar-refractivity contribution in [1.29, 1.82) is 0 Å². The number of hydrogen-bond acceptors (Lipinski definition) is 4. The maximum atomic E-state index is 12.0. The summed E-state index contributed by atoms with van der Waals surface area (Å²) in [6.45, 7) is 2.92. The van der Waals surface area contributed by atoms with Gasteiger partial charge in [-0.15, -0.1) is 24.0 Å². The largest absolute Gasteiger partial charge is 0.496 e. The summed E-state index contributed by atoms with van der Waals surface area (Å²) in [5, 5.41) is 9.11. The molecule has 2 aromatic rings. The topological polar surface area (TPSA) is 87.6 Å². The van der Waals surface area contributed by atoms with E-state index in [9.17, 15) is 4.79 Å². The van der Waals surface area contributed by atoms with Crippen molar-refractivity contribution in [1.82, 2.24) is 15.6 Å². The van der Waals surface area contributed by atoms with Crippen molar-refractivity contribution in [3.8, 4) is 5.75 Å². The van der Waals surface area contributed by atoms with Crippen molar-refractivity contribution in [2.45, 2.75) is 19.9 Å². The van der Waals surface area contributed by atoms with Gasteiger partial charge in [0.2, 0.25) is 5.91 Å². The maximum Gasteiger partial charge on any atom is 0.227 e. The summed E-state index contributed by atoms with van der Waals surface area (Å²) in [4.78, 5) is 20.4. The number of guanidine groups is 1. The van der Waals surface area contributed by atoms with E-state index in [1.807, 2.05) is 43.3 Å². The lowest BCUT2D eigenvalue weighted by molar-refractivity contribution is -0.116. The Morgan fingerprint density at radius 1 is 1.15 bits per heavy atom. The van der Waals surface area contributed by atoms with Crippen LogP contribution < -0.4 is 20.7 Å². The molecule has 0 saturated carbocycles. The first-order valence-electron chi connectivity index (χ1n) is 8.42. The average Bonchev–Trinajstić information content (AvgIpc) is 2.64. The van der Waals surface area contributed by atoms with Gasteiger partial charge >= 0.3 is 0 Å². The van der Waals surface area contributed by atoms with Gasteiger partial charge in [-0.1, -0.05) is 24.3 Å². The smallest absolute Gasteiger partial charge is 0.227 e. The summed E-state index contributed by atoms with van der Waals surface area (Å²) in [5.74, 6) is 1.90. The fraction of sp³-hybridized carbons (Fsp3) is 0.316. The van der Waals surface area contributed by atoms with Crippen LogP contribution >= 0.6 is 24.0 Å². The highest BCUT2D eigenvalue weighted by Crippen LogP contribution is 2.16. The summed E-state index contributed by atoms with van der Waals surface area (Å²) in [5.41, 5.74) is 1.89. The van der Waals surface area contributed by atoms with Crippen molar-refractivity contribution in [2.24, 2.45) is 4.99 Å². The standard InChI is InChI=1S/C19H25N5O2.HI/c1-14-7-6-10-17(23-14)24-18(25)11-12-21-19(20-2)22-13-15-8-4-5-9-16(15)26-3;/h4-10H,11-13H2,1-3H3,(H2,20,21,22)(H,23,24,25);1H. The molecule has 0 unspecified atom stereocenters. The highest BCUT2D eigenvalue weighted by atomic mass is 127. The third-order valence-electron chi connectivity index (χ3n) is 3.66. The Bertz CT molecular complexity index is 767. The van der Waals surface area contributed by atoms with E-state index in [-0.39, 0.29) is 29.9 Å². The minimum absolute atomic E-state index is 0. The summed E-state index contributed by atoms with van der Waals surface area (Å²) in [6.07, 6.45) is 0.310. The summed E-state index contributed by atoms with van der Waals surface area (Å²) >= 11 is 0. The Morgan fingerprint density at radius 2 is 1.93 bits per heavy atom. The number of para-hydroxylation sites is 1. The molecule has 27 heavy (non-hydrogen) atoms. The van der Waals surface area contributed by atoms with Crippen LogP contribution in [0.5, 0.6) is 5.75 Å². The van der Waals surface area contributed by atoms with Gasteiger partial charge in [0, 0.05) is 37.8 Å². The van der Waals surface area contributed by atoms with Crippen LogP contribution in [0.2, 0.25) is 0 Å². The third-order valence-corrected chi connectivity index (χ3v) is 3.66. The van der Waals surface area contributed by atoms with Crippen LogP contribution in [0.1, 0.15) is 17.7 Å². The van der Waals surface area contributed by atoms with E-state index in [0.717, 1.165) is 17.0 Å². The van der Waals surface area contributed by atoms with Gasteiger partial charge < -0.3 is 20.7 Å². The Balaban J connectivity index is 0.00000364. The van der Waals surface area contributed by atoms with E-state index in [1.165, 1.54) is 0 Å². The monoisotopic (exact) mass is 483 g/mol. The predicted molar refractivity (Wildman–Crippen MR) is 119 cm³/mol. The van der Waals surface area contributed by atoms with Gasteiger partial charge in [0.1, 0.15) is 11.6 Å². The number of anilines is 1. The lowest BCUT2D eigenvalue weighted by atomic mass is 10.2. The van der Waals surface area contributed by atoms with Gasteiger partial charge in [0.25, 0.3) is 0 Å². The minimum Gasteiger partial charge on any atom is -0.496 e. The number of carbonyl (C=O) groups excluding carboxylic acids is 1. The van der Waals surface area contributed by atoms with E-state index >= 15 is 0 Å². The first kappa shape index (κ1) is 22.7. The number of aromatic nitrogens is 1. The van der Waals surface area contributed by atoms with Gasteiger partial charge in [-0.05, 0) is 25.1 Å². The molecule has 2 rings (SSSR count). The molecule has 1 aromatic heterocycles. The number of benzene rings is 1. The Labute approximate surface area is 177 Å². The molecule has 1 heterocycles. The molecule has 0 atom stereocenters. The molecule has 0 saturated heterocycles. The quantitative estimate of drug-likeness (QED) is 0.320. The molecule has 7 nitrogen and oxygen atoms in total. The highest BCUT2D eigenvalue weighted by molar-refractivity contribution is 14.0. The lowest BCUT2D eigenvalue weighted by Gasteiger charge is -2.13. The first-order chi connectivity index (χ1) is 12.6. The van der Waals surface area contributed by atoms with E-state index < -0.39 is 0 Å². The van der Waals surface area contributed by atoms with Crippen molar-refractivity contribution in [2.75, 3.05) is 26.0 Å². The third kappa shape index (κ3) is 7.81. The molecule has 3 N–H and O–H groups in total. The van der Waals surface area contributed by atoms with Crippen LogP contribution in [0.4, 0.5) is 5.82 Å². The fourth-order valence-electron chi connectivity index (χ4n) is 2.36. The molecule has 8 heteroatoms. The fourth-order valence-corrected chi connectivity index (χ4v) is 2.36. The summed E-state index contributed by atoms with van der Waals surface area (Å²) in [6, 6.07) is 13.3. The zero-order chi connectivity index (χ0) is 18.8. The van der Waals surface area contributed by atoms with Gasteiger partial charge in [-0.2, -0.15) is 0 Å². The normalized spacial score (nSPS) is 10.6. The maximum absolute atomic E-state index is 12.0. The number of pyridine rings is 1. The number of aryl methyl sites for hydroxylation is 1. The van der Waals surface area contributed by atoms with Crippen LogP contribution in [0.3, 0.4) is 0 Å². The molecule has 1 aromatic carbocycles. The van der Waals surface area contributed by atoms with Gasteiger partial charge in [0.15, 0.2) is 5.96 Å². The summed E-state index contributed by atoms with van der Waals surface area (Å²) < 4.78 is 5.33. The molecule has 0 fully saturated rings. The minimum atomic E-state index is -0.101. The van der Waals surface area contributed by atoms with Crippen LogP contribution in [-0.2, 0) is 11.3 Å². The SMILES string of the molecule is CN=C(NCCC(=O)Nc1cccc(C)n1)NCc1ccccc1OC.I. The number of methoxy groups -OCH3 is 1. The Morgan fingerprint density at radius 3 is 2.63 bits per heavy atom. The van der Waals surface area contributed by atoms with Gasteiger partial charge in [0.05, 0.1) is 7.11 Å². The number of amides is 1.